The topological polar surface area (TPSA) is 0 Å². The van der Waals surface area contributed by atoms with Crippen LogP contribution in [0.5, 0.6) is 0 Å². The first-order valence-electron chi connectivity index (χ1n) is 7.93. The van der Waals surface area contributed by atoms with E-state index in [0.717, 1.165) is 0 Å². The third-order valence-corrected chi connectivity index (χ3v) is 8.14. The molecule has 2 aromatic carbocycles. The number of benzene rings is 2. The summed E-state index contributed by atoms with van der Waals surface area (Å²) in [5, 5.41) is 4.34. The Morgan fingerprint density at radius 1 is 0.800 bits per heavy atom. The molecule has 0 nitrogen and oxygen atoms in total. The summed E-state index contributed by atoms with van der Waals surface area (Å²) in [4.78, 5) is 0. The summed E-state index contributed by atoms with van der Waals surface area (Å²) < 4.78 is 1.65. The summed E-state index contributed by atoms with van der Waals surface area (Å²) in [6.45, 7) is 2.29. The second kappa shape index (κ2) is 8.49. The zero-order chi connectivity index (χ0) is 14.2. The van der Waals surface area contributed by atoms with Gasteiger partial charge in [0.2, 0.25) is 0 Å². The zero-order valence-corrected chi connectivity index (χ0v) is 14.6. The Labute approximate surface area is 128 Å². The van der Waals surface area contributed by atoms with Crippen LogP contribution >= 0.6 is 0 Å². The quantitative estimate of drug-likeness (QED) is 0.440. The normalized spacial score (nSPS) is 12.7. The van der Waals surface area contributed by atoms with Gasteiger partial charge in [-0.25, -0.2) is 0 Å². The fourth-order valence-electron chi connectivity index (χ4n) is 2.71. The molecular formula is C19H27Se+. The van der Waals surface area contributed by atoms with Crippen molar-refractivity contribution in [3.05, 3.63) is 42.5 Å². The predicted octanol–water partition coefficient (Wildman–Crippen LogP) is 5.53. The van der Waals surface area contributed by atoms with Crippen LogP contribution in [0.1, 0.15) is 45.4 Å². The molecular weight excluding hydrogens is 307 g/mol. The van der Waals surface area contributed by atoms with Gasteiger partial charge in [0.25, 0.3) is 0 Å². The summed E-state index contributed by atoms with van der Waals surface area (Å²) in [7, 11) is 0. The summed E-state index contributed by atoms with van der Waals surface area (Å²) in [6.07, 6.45) is 8.48. The third kappa shape index (κ3) is 4.36. The van der Waals surface area contributed by atoms with E-state index in [9.17, 15) is 0 Å². The van der Waals surface area contributed by atoms with E-state index in [1.165, 1.54) is 54.6 Å². The molecule has 0 aromatic heterocycles. The molecule has 0 spiro atoms. The second-order valence-corrected chi connectivity index (χ2v) is 10.0. The fourth-order valence-corrected chi connectivity index (χ4v) is 6.34. The minimum atomic E-state index is -0.625. The van der Waals surface area contributed by atoms with E-state index in [0.29, 0.717) is 0 Å². The van der Waals surface area contributed by atoms with Crippen molar-refractivity contribution in [2.45, 2.75) is 56.6 Å². The van der Waals surface area contributed by atoms with Crippen LogP contribution < -0.4 is 4.46 Å². The zero-order valence-electron chi connectivity index (χ0n) is 12.9. The number of rotatable bonds is 8. The fraction of sp³-hybridized carbons (Fsp3) is 0.474. The van der Waals surface area contributed by atoms with Gasteiger partial charge in [-0.15, -0.1) is 0 Å². The number of hydrogen-bond donors (Lipinski definition) is 0. The molecule has 2 aromatic rings. The van der Waals surface area contributed by atoms with Gasteiger partial charge in [0.05, 0.1) is 0 Å². The molecule has 20 heavy (non-hydrogen) atoms. The van der Waals surface area contributed by atoms with E-state index in [2.05, 4.69) is 55.2 Å². The van der Waals surface area contributed by atoms with E-state index < -0.39 is 13.9 Å². The maximum atomic E-state index is 2.51. The predicted molar refractivity (Wildman–Crippen MR) is 93.4 cm³/mol. The Bertz CT molecular complexity index is 513. The molecule has 0 N–H and O–H groups in total. The second-order valence-electron chi connectivity index (χ2n) is 5.59. The van der Waals surface area contributed by atoms with Gasteiger partial charge >= 0.3 is 128 Å². The van der Waals surface area contributed by atoms with Crippen LogP contribution in [0, 0.1) is 0 Å². The molecule has 0 aliphatic carbocycles. The van der Waals surface area contributed by atoms with Crippen molar-refractivity contribution in [1.82, 2.24) is 0 Å². The molecule has 0 aliphatic heterocycles. The molecule has 1 unspecified atom stereocenters. The number of unbranched alkanes of at least 4 members (excludes halogenated alkanes) is 5. The van der Waals surface area contributed by atoms with Crippen LogP contribution in [0.4, 0.5) is 0 Å². The summed E-state index contributed by atoms with van der Waals surface area (Å²) in [6, 6.07) is 15.7. The Hall–Kier alpha value is -0.781. The molecule has 2 rings (SSSR count). The van der Waals surface area contributed by atoms with Gasteiger partial charge < -0.3 is 0 Å². The van der Waals surface area contributed by atoms with Crippen LogP contribution in [0.15, 0.2) is 42.5 Å². The van der Waals surface area contributed by atoms with Crippen molar-refractivity contribution >= 4 is 29.1 Å². The van der Waals surface area contributed by atoms with E-state index in [4.69, 9.17) is 0 Å². The van der Waals surface area contributed by atoms with Gasteiger partial charge in [0.15, 0.2) is 0 Å². The molecule has 0 saturated heterocycles. The number of hydrogen-bond acceptors (Lipinski definition) is 0. The van der Waals surface area contributed by atoms with E-state index in [1.807, 2.05) is 0 Å². The summed E-state index contributed by atoms with van der Waals surface area (Å²) in [5.41, 5.74) is 0. The molecule has 0 heterocycles. The van der Waals surface area contributed by atoms with Crippen molar-refractivity contribution in [2.75, 3.05) is 0 Å². The minimum absolute atomic E-state index is 0.625. The van der Waals surface area contributed by atoms with Gasteiger partial charge in [-0.1, -0.05) is 0 Å². The Morgan fingerprint density at radius 3 is 2.35 bits per heavy atom. The molecule has 0 aliphatic rings. The van der Waals surface area contributed by atoms with Crippen molar-refractivity contribution < 1.29 is 0 Å². The Kier molecular flexibility index (Phi) is 6.63. The van der Waals surface area contributed by atoms with Crippen molar-refractivity contribution in [3.8, 4) is 0 Å². The molecule has 0 amide bonds. The van der Waals surface area contributed by atoms with Crippen molar-refractivity contribution in [3.63, 3.8) is 0 Å². The van der Waals surface area contributed by atoms with Gasteiger partial charge in [-0.05, 0) is 0 Å². The molecule has 0 saturated carbocycles. The van der Waals surface area contributed by atoms with Crippen LogP contribution in [-0.4, -0.2) is 13.9 Å². The van der Waals surface area contributed by atoms with Crippen LogP contribution in [0.25, 0.3) is 10.8 Å². The molecule has 0 radical (unpaired) electrons. The average molecular weight is 334 g/mol. The van der Waals surface area contributed by atoms with Crippen molar-refractivity contribution in [2.24, 2.45) is 0 Å². The SMILES string of the molecule is CCCCCCCC[Se+](C)c1cccc2ccccc12. The van der Waals surface area contributed by atoms with Crippen molar-refractivity contribution in [1.29, 1.82) is 0 Å². The van der Waals surface area contributed by atoms with Crippen LogP contribution in [0.3, 0.4) is 0 Å². The average Bonchev–Trinajstić information content (AvgIpc) is 2.50. The Balaban J connectivity index is 1.89. The first-order chi connectivity index (χ1) is 9.83. The van der Waals surface area contributed by atoms with Gasteiger partial charge in [0, 0.05) is 0 Å². The van der Waals surface area contributed by atoms with Gasteiger partial charge in [0.1, 0.15) is 0 Å². The number of fused-ring (bicyclic) bond motifs is 1. The monoisotopic (exact) mass is 335 g/mol. The first-order valence-corrected chi connectivity index (χ1v) is 11.7. The van der Waals surface area contributed by atoms with Gasteiger partial charge in [-0.3, -0.25) is 0 Å². The van der Waals surface area contributed by atoms with E-state index in [-0.39, 0.29) is 0 Å². The maximum absolute atomic E-state index is 2.51. The Morgan fingerprint density at radius 2 is 1.50 bits per heavy atom. The standard InChI is InChI=1S/C19H27Se/c1-3-4-5-6-7-10-16-20(2)19-15-11-13-17-12-8-9-14-18(17)19/h8-9,11-15H,3-7,10,16H2,1-2H3/q+1. The molecule has 108 valence electrons. The van der Waals surface area contributed by atoms with Crippen LogP contribution in [-0.2, 0) is 0 Å². The molecule has 1 heteroatoms. The summed E-state index contributed by atoms with van der Waals surface area (Å²) >= 11 is -0.625. The first kappa shape index (κ1) is 15.6. The molecule has 0 fully saturated rings. The third-order valence-electron chi connectivity index (χ3n) is 3.93. The molecule has 1 atom stereocenters. The molecule has 0 bridgehead atoms. The summed E-state index contributed by atoms with van der Waals surface area (Å²) in [5.74, 6) is 2.51. The van der Waals surface area contributed by atoms with Crippen LogP contribution in [0.2, 0.25) is 11.1 Å². The van der Waals surface area contributed by atoms with E-state index in [1.54, 1.807) is 4.46 Å². The van der Waals surface area contributed by atoms with Gasteiger partial charge in [-0.2, -0.15) is 0 Å². The van der Waals surface area contributed by atoms with E-state index >= 15 is 0 Å².